The third kappa shape index (κ3) is 7.40. The van der Waals surface area contributed by atoms with E-state index >= 15 is 0 Å². The van der Waals surface area contributed by atoms with E-state index in [4.69, 9.17) is 20.9 Å². The van der Waals surface area contributed by atoms with Crippen LogP contribution in [0.1, 0.15) is 28.9 Å². The van der Waals surface area contributed by atoms with Gasteiger partial charge in [0.2, 0.25) is 0 Å². The molecule has 8 rings (SSSR count). The summed E-state index contributed by atoms with van der Waals surface area (Å²) in [5, 5.41) is 18.6. The number of carbonyl (C=O) groups excluding carboxylic acids is 1. The fraction of sp³-hybridized carbons (Fsp3) is 0.256. The standard InChI is InChI=1S/C20H20N4O3.C19H21N5O2/c1-12-8-14(4-5-22-12)20-15(10-18(21)23-20)13-2-3-17-16(9-13)24(6-7-25)19(26)11-27-17;1-12-10-14(4-5-21-12)18-17(22-19(20)23-18)13-2-3-16-15(11-13)24(6-8-25)7-9-26-16/h2-5,8-9,25H,6-7,10-11H2,1H3,(H2,21,23);2-5,10-11,25H,6-9H2,1H3,(H3,20,22,23). The number of ether oxygens (including phenoxy) is 2. The van der Waals surface area contributed by atoms with Gasteiger partial charge in [-0.05, 0) is 79.6 Å². The first-order chi connectivity index (χ1) is 25.7. The van der Waals surface area contributed by atoms with Gasteiger partial charge >= 0.3 is 0 Å². The number of fused-ring (bicyclic) bond motifs is 2. The number of nitrogen functional groups attached to an aromatic ring is 1. The number of benzene rings is 2. The molecule has 3 aliphatic rings. The Morgan fingerprint density at radius 1 is 0.811 bits per heavy atom. The topological polar surface area (TPSA) is 201 Å². The Labute approximate surface area is 306 Å². The maximum atomic E-state index is 12.2. The van der Waals surface area contributed by atoms with Crippen LogP contribution in [0.2, 0.25) is 0 Å². The molecular formula is C39H41N9O5. The van der Waals surface area contributed by atoms with Crippen molar-refractivity contribution in [2.45, 2.75) is 20.3 Å². The Morgan fingerprint density at radius 3 is 2.23 bits per heavy atom. The average molecular weight is 716 g/mol. The number of pyridine rings is 2. The van der Waals surface area contributed by atoms with E-state index in [1.807, 2.05) is 74.5 Å². The van der Waals surface area contributed by atoms with Crippen molar-refractivity contribution >= 4 is 40.3 Å². The maximum absolute atomic E-state index is 12.2. The summed E-state index contributed by atoms with van der Waals surface area (Å²) in [6, 6.07) is 19.5. The summed E-state index contributed by atoms with van der Waals surface area (Å²) in [6.07, 6.45) is 4.06. The van der Waals surface area contributed by atoms with Gasteiger partial charge in [-0.15, -0.1) is 0 Å². The first-order valence-corrected chi connectivity index (χ1v) is 17.3. The summed E-state index contributed by atoms with van der Waals surface area (Å²) in [7, 11) is 0. The molecule has 0 saturated heterocycles. The number of nitrogens with one attached hydrogen (secondary N) is 1. The maximum Gasteiger partial charge on any atom is 0.265 e. The molecule has 7 N–H and O–H groups in total. The number of rotatable bonds is 8. The van der Waals surface area contributed by atoms with E-state index in [9.17, 15) is 15.0 Å². The molecule has 6 heterocycles. The van der Waals surface area contributed by atoms with Gasteiger partial charge in [-0.2, -0.15) is 0 Å². The summed E-state index contributed by atoms with van der Waals surface area (Å²) in [4.78, 5) is 36.5. The van der Waals surface area contributed by atoms with Gasteiger partial charge in [0, 0.05) is 60.0 Å². The third-order valence-electron chi connectivity index (χ3n) is 9.11. The predicted molar refractivity (Wildman–Crippen MR) is 205 cm³/mol. The number of carbonyl (C=O) groups is 1. The number of aliphatic hydroxyl groups is 2. The van der Waals surface area contributed by atoms with Crippen molar-refractivity contribution in [3.63, 3.8) is 0 Å². The number of anilines is 3. The number of hydrogen-bond acceptors (Lipinski definition) is 12. The number of hydrogen-bond donors (Lipinski definition) is 5. The second kappa shape index (κ2) is 15.2. The lowest BCUT2D eigenvalue weighted by Gasteiger charge is -2.31. The molecule has 53 heavy (non-hydrogen) atoms. The van der Waals surface area contributed by atoms with Crippen molar-refractivity contribution in [1.82, 2.24) is 19.9 Å². The molecule has 3 aromatic heterocycles. The van der Waals surface area contributed by atoms with Gasteiger partial charge in [0.1, 0.15) is 23.9 Å². The number of aliphatic imine (C=N–C) groups is 1. The number of aromatic amines is 1. The Kier molecular flexibility index (Phi) is 10.1. The molecule has 0 atom stereocenters. The summed E-state index contributed by atoms with van der Waals surface area (Å²) >= 11 is 0. The van der Waals surface area contributed by atoms with Gasteiger partial charge in [0.05, 0.1) is 48.2 Å². The molecule has 2 aromatic carbocycles. The van der Waals surface area contributed by atoms with Crippen molar-refractivity contribution in [2.75, 3.05) is 61.6 Å². The van der Waals surface area contributed by atoms with E-state index in [1.54, 1.807) is 17.3 Å². The Morgan fingerprint density at radius 2 is 1.49 bits per heavy atom. The number of nitrogens with zero attached hydrogens (tertiary/aromatic N) is 6. The highest BCUT2D eigenvalue weighted by atomic mass is 16.5. The zero-order chi connectivity index (χ0) is 37.1. The molecule has 3 aliphatic heterocycles. The molecule has 5 aromatic rings. The summed E-state index contributed by atoms with van der Waals surface area (Å²) in [6.45, 7) is 6.00. The van der Waals surface area contributed by atoms with Crippen LogP contribution in [-0.4, -0.2) is 88.0 Å². The first kappa shape index (κ1) is 35.2. The molecular weight excluding hydrogens is 674 g/mol. The molecule has 0 unspecified atom stereocenters. The van der Waals surface area contributed by atoms with Crippen molar-refractivity contribution in [2.24, 2.45) is 10.7 Å². The molecule has 14 heteroatoms. The van der Waals surface area contributed by atoms with Gasteiger partial charge in [-0.1, -0.05) is 6.07 Å². The lowest BCUT2D eigenvalue weighted by molar-refractivity contribution is -0.121. The third-order valence-corrected chi connectivity index (χ3v) is 9.11. The number of imidazole rings is 1. The van der Waals surface area contributed by atoms with E-state index in [0.717, 1.165) is 74.3 Å². The monoisotopic (exact) mass is 715 g/mol. The molecule has 0 radical (unpaired) electrons. The van der Waals surface area contributed by atoms with Gasteiger partial charge in [-0.3, -0.25) is 14.8 Å². The highest BCUT2D eigenvalue weighted by Gasteiger charge is 2.27. The van der Waals surface area contributed by atoms with Crippen molar-refractivity contribution < 1.29 is 24.5 Å². The van der Waals surface area contributed by atoms with Crippen LogP contribution in [0.5, 0.6) is 11.5 Å². The lowest BCUT2D eigenvalue weighted by atomic mass is 9.97. The summed E-state index contributed by atoms with van der Waals surface area (Å²) in [5.74, 6) is 2.19. The molecule has 14 nitrogen and oxygen atoms in total. The smallest absolute Gasteiger partial charge is 0.265 e. The zero-order valence-electron chi connectivity index (χ0n) is 29.5. The fourth-order valence-corrected chi connectivity index (χ4v) is 6.70. The number of aliphatic hydroxyl groups excluding tert-OH is 2. The quantitative estimate of drug-likeness (QED) is 0.156. The first-order valence-electron chi connectivity index (χ1n) is 17.3. The largest absolute Gasteiger partial charge is 0.490 e. The summed E-state index contributed by atoms with van der Waals surface area (Å²) < 4.78 is 11.3. The minimum Gasteiger partial charge on any atom is -0.490 e. The number of nitrogens with two attached hydrogens (primary N) is 2. The average Bonchev–Trinajstić information content (AvgIpc) is 3.75. The number of amides is 1. The van der Waals surface area contributed by atoms with Gasteiger partial charge in [0.15, 0.2) is 12.6 Å². The van der Waals surface area contributed by atoms with Crippen LogP contribution >= 0.6 is 0 Å². The van der Waals surface area contributed by atoms with Gasteiger partial charge in [-0.25, -0.2) is 9.98 Å². The second-order valence-corrected chi connectivity index (χ2v) is 12.8. The number of H-pyrrole nitrogens is 1. The van der Waals surface area contributed by atoms with E-state index in [2.05, 4.69) is 29.8 Å². The molecule has 0 aliphatic carbocycles. The van der Waals surface area contributed by atoms with E-state index in [-0.39, 0.29) is 32.3 Å². The SMILES string of the molecule is Cc1cc(-c2[nH]c(N)nc2-c2ccc3c(c2)N(CCO)CCO3)ccn1.Cc1cc(C2=C(c3ccc4c(c3)N(CCO)C(=O)CO4)CC(N)=N2)ccn1. The second-order valence-electron chi connectivity index (χ2n) is 12.8. The van der Waals surface area contributed by atoms with Crippen LogP contribution in [-0.2, 0) is 4.79 Å². The highest BCUT2D eigenvalue weighted by Crippen LogP contribution is 2.41. The Balaban J connectivity index is 0.000000164. The number of aryl methyl sites for hydroxylation is 2. The van der Waals surface area contributed by atoms with Crippen molar-refractivity contribution in [3.05, 3.63) is 95.6 Å². The fourth-order valence-electron chi connectivity index (χ4n) is 6.70. The van der Waals surface area contributed by atoms with Crippen molar-refractivity contribution in [3.8, 4) is 34.0 Å². The Bertz CT molecular complexity index is 2230. The molecule has 0 bridgehead atoms. The molecule has 272 valence electrons. The predicted octanol–water partition coefficient (Wildman–Crippen LogP) is 3.96. The van der Waals surface area contributed by atoms with E-state index in [0.29, 0.717) is 42.8 Å². The van der Waals surface area contributed by atoms with Crippen LogP contribution in [0, 0.1) is 13.8 Å². The molecule has 0 fully saturated rings. The number of aromatic nitrogens is 4. The highest BCUT2D eigenvalue weighted by molar-refractivity contribution is 6.09. The Hall–Kier alpha value is -6.25. The lowest BCUT2D eigenvalue weighted by Crippen LogP contribution is -2.40. The van der Waals surface area contributed by atoms with Crippen LogP contribution in [0.15, 0.2) is 78.0 Å². The van der Waals surface area contributed by atoms with Crippen LogP contribution in [0.3, 0.4) is 0 Å². The van der Waals surface area contributed by atoms with Crippen LogP contribution < -0.4 is 30.7 Å². The van der Waals surface area contributed by atoms with Crippen molar-refractivity contribution in [1.29, 1.82) is 0 Å². The van der Waals surface area contributed by atoms with Crippen LogP contribution in [0.4, 0.5) is 17.3 Å². The minimum absolute atomic E-state index is 0.0212. The molecule has 0 spiro atoms. The van der Waals surface area contributed by atoms with E-state index < -0.39 is 0 Å². The normalized spacial score (nSPS) is 14.9. The van der Waals surface area contributed by atoms with Gasteiger partial charge < -0.3 is 45.9 Å². The molecule has 1 amide bonds. The van der Waals surface area contributed by atoms with Gasteiger partial charge in [0.25, 0.3) is 5.91 Å². The zero-order valence-corrected chi connectivity index (χ0v) is 29.5. The summed E-state index contributed by atoms with van der Waals surface area (Å²) in [5.41, 5.74) is 22.7. The minimum atomic E-state index is -0.171. The van der Waals surface area contributed by atoms with E-state index in [1.165, 1.54) is 0 Å². The molecule has 0 saturated carbocycles. The van der Waals surface area contributed by atoms with Crippen LogP contribution in [0.25, 0.3) is 33.8 Å². The number of β-amino-alcohol motifs (C(OH)–C–C–N with tert-alkyl or cyclic N) is 2. The number of amidine groups is 1.